The summed E-state index contributed by atoms with van der Waals surface area (Å²) in [5, 5.41) is 0. The predicted molar refractivity (Wildman–Crippen MR) is 82.9 cm³/mol. The zero-order chi connectivity index (χ0) is 14.8. The van der Waals surface area contributed by atoms with Crippen LogP contribution in [0.15, 0.2) is 36.7 Å². The van der Waals surface area contributed by atoms with Crippen molar-refractivity contribution in [3.63, 3.8) is 0 Å². The van der Waals surface area contributed by atoms with Crippen LogP contribution in [-0.2, 0) is 11.2 Å². The summed E-state index contributed by atoms with van der Waals surface area (Å²) in [6.07, 6.45) is 6.58. The first-order valence-electron chi connectivity index (χ1n) is 7.54. The Morgan fingerprint density at radius 3 is 2.81 bits per heavy atom. The molecule has 0 fully saturated rings. The van der Waals surface area contributed by atoms with E-state index in [0.717, 1.165) is 41.6 Å². The molecule has 2 atom stereocenters. The summed E-state index contributed by atoms with van der Waals surface area (Å²) in [5.41, 5.74) is 4.15. The number of pyridine rings is 2. The van der Waals surface area contributed by atoms with Gasteiger partial charge in [-0.2, -0.15) is 0 Å². The lowest BCUT2D eigenvalue weighted by molar-refractivity contribution is -0.109. The topological polar surface area (TPSA) is 42.9 Å². The molecule has 2 unspecified atom stereocenters. The smallest absolute Gasteiger partial charge is 0.127 e. The number of carbonyl (C=O) groups is 1. The first kappa shape index (κ1) is 13.9. The van der Waals surface area contributed by atoms with Gasteiger partial charge in [0.05, 0.1) is 5.69 Å². The Hall–Kier alpha value is -2.03. The van der Waals surface area contributed by atoms with Crippen LogP contribution >= 0.6 is 0 Å². The normalized spacial score (nSPS) is 21.1. The second kappa shape index (κ2) is 5.76. The van der Waals surface area contributed by atoms with Gasteiger partial charge in [0, 0.05) is 29.6 Å². The largest absolute Gasteiger partial charge is 0.303 e. The third-order valence-electron chi connectivity index (χ3n) is 4.49. The number of carbonyl (C=O) groups excluding carboxylic acids is 1. The monoisotopic (exact) mass is 280 g/mol. The van der Waals surface area contributed by atoms with Crippen molar-refractivity contribution in [2.24, 2.45) is 11.8 Å². The molecule has 2 aromatic heterocycles. The number of aldehydes is 1. The minimum absolute atomic E-state index is 0.00315. The number of fused-ring (bicyclic) bond motifs is 1. The second-order valence-corrected chi connectivity index (χ2v) is 6.16. The molecule has 0 saturated heterocycles. The van der Waals surface area contributed by atoms with Gasteiger partial charge in [-0.25, -0.2) is 0 Å². The Morgan fingerprint density at radius 2 is 2.14 bits per heavy atom. The molecule has 0 spiro atoms. The van der Waals surface area contributed by atoms with Crippen molar-refractivity contribution in [2.75, 3.05) is 0 Å². The van der Waals surface area contributed by atoms with Gasteiger partial charge in [-0.15, -0.1) is 0 Å². The molecule has 108 valence electrons. The molecule has 1 aliphatic carbocycles. The van der Waals surface area contributed by atoms with E-state index in [4.69, 9.17) is 4.98 Å². The van der Waals surface area contributed by atoms with E-state index in [1.54, 1.807) is 6.20 Å². The molecule has 0 aliphatic heterocycles. The molecule has 3 rings (SSSR count). The molecule has 2 heterocycles. The van der Waals surface area contributed by atoms with E-state index < -0.39 is 0 Å². The lowest BCUT2D eigenvalue weighted by atomic mass is 9.75. The van der Waals surface area contributed by atoms with Crippen LogP contribution in [0.5, 0.6) is 0 Å². The van der Waals surface area contributed by atoms with Crippen LogP contribution in [0.2, 0.25) is 0 Å². The van der Waals surface area contributed by atoms with Gasteiger partial charge in [0.2, 0.25) is 0 Å². The highest BCUT2D eigenvalue weighted by Crippen LogP contribution is 2.37. The van der Waals surface area contributed by atoms with E-state index in [2.05, 4.69) is 24.9 Å². The fraction of sp³-hybridized carbons (Fsp3) is 0.389. The summed E-state index contributed by atoms with van der Waals surface area (Å²) < 4.78 is 0. The van der Waals surface area contributed by atoms with Crippen molar-refractivity contribution in [3.05, 3.63) is 47.9 Å². The number of hydrogen-bond donors (Lipinski definition) is 0. The first-order valence-corrected chi connectivity index (χ1v) is 7.54. The fourth-order valence-corrected chi connectivity index (χ4v) is 3.11. The van der Waals surface area contributed by atoms with E-state index in [1.165, 1.54) is 0 Å². The van der Waals surface area contributed by atoms with Gasteiger partial charge in [-0.3, -0.25) is 9.97 Å². The van der Waals surface area contributed by atoms with E-state index in [-0.39, 0.29) is 5.92 Å². The maximum absolute atomic E-state index is 11.4. The van der Waals surface area contributed by atoms with Gasteiger partial charge >= 0.3 is 0 Å². The Kier molecular flexibility index (Phi) is 3.82. The van der Waals surface area contributed by atoms with Crippen molar-refractivity contribution in [1.82, 2.24) is 9.97 Å². The van der Waals surface area contributed by atoms with Crippen molar-refractivity contribution < 1.29 is 4.79 Å². The molecule has 0 N–H and O–H groups in total. The molecule has 0 amide bonds. The van der Waals surface area contributed by atoms with Crippen molar-refractivity contribution in [3.8, 4) is 11.3 Å². The number of hydrogen-bond acceptors (Lipinski definition) is 3. The Morgan fingerprint density at radius 1 is 1.29 bits per heavy atom. The molecular formula is C18H20N2O. The molecule has 0 bridgehead atoms. The molecule has 3 heteroatoms. The Bertz CT molecular complexity index is 637. The lowest BCUT2D eigenvalue weighted by Gasteiger charge is -2.30. The van der Waals surface area contributed by atoms with Crippen molar-refractivity contribution >= 4 is 6.29 Å². The number of nitrogens with zero attached hydrogens (tertiary/aromatic N) is 2. The Labute approximate surface area is 125 Å². The van der Waals surface area contributed by atoms with Crippen LogP contribution < -0.4 is 0 Å². The minimum Gasteiger partial charge on any atom is -0.303 e. The Balaban J connectivity index is 2.01. The van der Waals surface area contributed by atoms with Gasteiger partial charge in [0.1, 0.15) is 6.29 Å². The van der Waals surface area contributed by atoms with Crippen molar-refractivity contribution in [2.45, 2.75) is 32.6 Å². The van der Waals surface area contributed by atoms with Crippen LogP contribution in [0, 0.1) is 11.8 Å². The number of rotatable bonds is 3. The standard InChI is InChI=1S/C18H20N2O/c1-12(2)14-8-15(11-21)16-5-6-17(20-18(16)9-14)13-4-3-7-19-10-13/h3-7,10-12,14-15H,8-9H2,1-2H3. The summed E-state index contributed by atoms with van der Waals surface area (Å²) in [6.45, 7) is 4.45. The molecular weight excluding hydrogens is 260 g/mol. The summed E-state index contributed by atoms with van der Waals surface area (Å²) in [7, 11) is 0. The maximum Gasteiger partial charge on any atom is 0.127 e. The third-order valence-corrected chi connectivity index (χ3v) is 4.49. The third kappa shape index (κ3) is 2.73. The molecule has 0 saturated carbocycles. The molecule has 0 aromatic carbocycles. The maximum atomic E-state index is 11.4. The van der Waals surface area contributed by atoms with Crippen LogP contribution in [0.4, 0.5) is 0 Å². The van der Waals surface area contributed by atoms with Crippen LogP contribution in [0.1, 0.15) is 37.4 Å². The average molecular weight is 280 g/mol. The molecule has 3 nitrogen and oxygen atoms in total. The van der Waals surface area contributed by atoms with E-state index in [0.29, 0.717) is 11.8 Å². The van der Waals surface area contributed by atoms with Gasteiger partial charge < -0.3 is 4.79 Å². The van der Waals surface area contributed by atoms with Crippen LogP contribution in [0.3, 0.4) is 0 Å². The fourth-order valence-electron chi connectivity index (χ4n) is 3.11. The SMILES string of the molecule is CC(C)C1Cc2nc(-c3cccnc3)ccc2C(C=O)C1. The van der Waals surface area contributed by atoms with Gasteiger partial charge in [0.15, 0.2) is 0 Å². The van der Waals surface area contributed by atoms with Crippen molar-refractivity contribution in [1.29, 1.82) is 0 Å². The lowest BCUT2D eigenvalue weighted by Crippen LogP contribution is -2.24. The molecule has 21 heavy (non-hydrogen) atoms. The highest BCUT2D eigenvalue weighted by Gasteiger charge is 2.29. The molecule has 2 aromatic rings. The first-order chi connectivity index (χ1) is 10.2. The summed E-state index contributed by atoms with van der Waals surface area (Å²) >= 11 is 0. The zero-order valence-electron chi connectivity index (χ0n) is 12.5. The molecule has 1 aliphatic rings. The van der Waals surface area contributed by atoms with Gasteiger partial charge in [-0.1, -0.05) is 19.9 Å². The van der Waals surface area contributed by atoms with E-state index >= 15 is 0 Å². The highest BCUT2D eigenvalue weighted by molar-refractivity contribution is 5.65. The zero-order valence-corrected chi connectivity index (χ0v) is 12.5. The summed E-state index contributed by atoms with van der Waals surface area (Å²) in [5.74, 6) is 1.10. The molecule has 0 radical (unpaired) electrons. The quantitative estimate of drug-likeness (QED) is 0.806. The van der Waals surface area contributed by atoms with Gasteiger partial charge in [-0.05, 0) is 48.4 Å². The van der Waals surface area contributed by atoms with Crippen LogP contribution in [-0.4, -0.2) is 16.3 Å². The minimum atomic E-state index is -0.00315. The van der Waals surface area contributed by atoms with E-state index in [1.807, 2.05) is 24.4 Å². The number of aromatic nitrogens is 2. The van der Waals surface area contributed by atoms with E-state index in [9.17, 15) is 4.79 Å². The van der Waals surface area contributed by atoms with Crippen LogP contribution in [0.25, 0.3) is 11.3 Å². The predicted octanol–water partition coefficient (Wildman–Crippen LogP) is 3.64. The average Bonchev–Trinajstić information content (AvgIpc) is 2.53. The summed E-state index contributed by atoms with van der Waals surface area (Å²) in [4.78, 5) is 20.4. The summed E-state index contributed by atoms with van der Waals surface area (Å²) in [6, 6.07) is 8.01. The van der Waals surface area contributed by atoms with Gasteiger partial charge in [0.25, 0.3) is 0 Å². The second-order valence-electron chi connectivity index (χ2n) is 6.16. The highest BCUT2D eigenvalue weighted by atomic mass is 16.1.